The summed E-state index contributed by atoms with van der Waals surface area (Å²) in [7, 11) is 49.1. The summed E-state index contributed by atoms with van der Waals surface area (Å²) in [4.78, 5) is 12.5. The number of hydrogen-bond donors (Lipinski definition) is 1. The molecular weight excluding hydrogens is 1260 g/mol. The van der Waals surface area contributed by atoms with Gasteiger partial charge in [0, 0.05) is 282 Å². The number of aromatic amines is 1. The molecule has 3 rings (SSSR count). The normalized spacial score (nSPS) is 9.50. The van der Waals surface area contributed by atoms with E-state index in [1.54, 1.807) is 124 Å². The molecule has 1 aromatic carbocycles. The summed E-state index contributed by atoms with van der Waals surface area (Å²) in [5.74, 6) is 0.762. The number of nitrogens with zero attached hydrogens (tertiary/aromatic N) is 2. The highest BCUT2D eigenvalue weighted by Crippen LogP contribution is 2.30. The van der Waals surface area contributed by atoms with Gasteiger partial charge < -0.3 is 4.98 Å². The van der Waals surface area contributed by atoms with Crippen LogP contribution < -0.4 is 0 Å². The fourth-order valence-electron chi connectivity index (χ4n) is 2.72. The molecule has 0 spiro atoms. The SMILES string of the molecule is Cc1cc2nc(-c3ccc(C(C)(C)C)nc3Cl)[nH]c2cc1C.S=S=S=S=S=S=S=S=S=S=S=S=S=S=S=S=S=S=S=S=S=S=S=S=S=S=S=S=S=S. The van der Waals surface area contributed by atoms with Crippen molar-refractivity contribution in [2.45, 2.75) is 40.0 Å². The first-order chi connectivity index (χ1) is 25.2. The van der Waals surface area contributed by atoms with Crippen LogP contribution in [-0.4, -0.2) is 15.0 Å². The third kappa shape index (κ3) is 25.5. The van der Waals surface area contributed by atoms with Gasteiger partial charge in [-0.15, -0.1) is 0 Å². The number of imidazole rings is 1. The van der Waals surface area contributed by atoms with Crippen LogP contribution >= 0.6 is 11.6 Å². The second kappa shape index (κ2) is 34.3. The molecule has 0 unspecified atom stereocenters. The van der Waals surface area contributed by atoms with Crippen molar-refractivity contribution < 1.29 is 0 Å². The third-order valence-electron chi connectivity index (χ3n) is 4.72. The molecule has 2 aromatic heterocycles. The van der Waals surface area contributed by atoms with Gasteiger partial charge in [0.25, 0.3) is 0 Å². The Hall–Kier alpha value is 4.73. The van der Waals surface area contributed by atoms with Crippen LogP contribution in [0.2, 0.25) is 5.15 Å². The Kier molecular flexibility index (Phi) is 34.9. The van der Waals surface area contributed by atoms with Crippen molar-refractivity contribution in [2.75, 3.05) is 0 Å². The lowest BCUT2D eigenvalue weighted by molar-refractivity contribution is 0.569. The van der Waals surface area contributed by atoms with E-state index in [0.29, 0.717) is 5.15 Å². The van der Waals surface area contributed by atoms with Crippen LogP contribution in [0.25, 0.3) is 22.4 Å². The van der Waals surface area contributed by atoms with E-state index >= 15 is 0 Å². The van der Waals surface area contributed by atoms with Gasteiger partial charge in [0.1, 0.15) is 11.0 Å². The highest BCUT2D eigenvalue weighted by Gasteiger charge is 2.18. The maximum atomic E-state index is 6.39. The summed E-state index contributed by atoms with van der Waals surface area (Å²) in [6, 6.07) is 8.22. The molecule has 0 aliphatic heterocycles. The van der Waals surface area contributed by atoms with Crippen LogP contribution in [0.5, 0.6) is 0 Å². The highest BCUT2D eigenvalue weighted by atomic mass is 35.5. The molecule has 0 aliphatic carbocycles. The number of aromatic nitrogens is 3. The predicted molar refractivity (Wildman–Crippen MR) is 313 cm³/mol. The van der Waals surface area contributed by atoms with Crippen molar-refractivity contribution in [3.8, 4) is 11.4 Å². The van der Waals surface area contributed by atoms with Gasteiger partial charge in [-0.1, -0.05) is 32.4 Å². The zero-order chi connectivity index (χ0) is 37.9. The molecule has 0 radical (unpaired) electrons. The quantitative estimate of drug-likeness (QED) is 0.344. The molecule has 0 atom stereocenters. The molecular formula is C18H20ClN3S30. The van der Waals surface area contributed by atoms with Crippen molar-refractivity contribution in [3.63, 3.8) is 0 Å². The minimum Gasteiger partial charge on any atom is -0.338 e. The first-order valence-electron chi connectivity index (χ1n) is 12.2. The van der Waals surface area contributed by atoms with Crippen LogP contribution in [0, 0.1) is 13.8 Å². The summed E-state index contributed by atoms with van der Waals surface area (Å²) < 4.78 is 0. The Balaban J connectivity index is 0.000000374. The summed E-state index contributed by atoms with van der Waals surface area (Å²) in [6.07, 6.45) is 0. The zero-order valence-electron chi connectivity index (χ0n) is 25.8. The second-order valence-electron chi connectivity index (χ2n) is 8.73. The molecule has 0 bridgehead atoms. The number of aryl methyl sites for hydroxylation is 2. The standard InChI is InChI=1S/C18H20ClN3.S30/c1-10-8-13-14(9-11(10)2)21-17(20-13)12-6-7-15(18(3,4)5)22-16(12)19;1-3-5-7-9-11-13-15-17-19-21-23-25-27-29-30-28-26-24-22-20-18-16-14-12-10-8-6-4-2/h6-9H,1-5H3,(H,20,21);. The van der Waals surface area contributed by atoms with Crippen molar-refractivity contribution in [1.29, 1.82) is 0 Å². The van der Waals surface area contributed by atoms with Crippen LogP contribution in [0.4, 0.5) is 0 Å². The third-order valence-corrected chi connectivity index (χ3v) is 65.0. The van der Waals surface area contributed by atoms with Crippen LogP contribution in [0.3, 0.4) is 0 Å². The smallest absolute Gasteiger partial charge is 0.141 e. The highest BCUT2D eigenvalue weighted by molar-refractivity contribution is 8.80. The van der Waals surface area contributed by atoms with Gasteiger partial charge in [-0.25, -0.2) is 9.97 Å². The lowest BCUT2D eigenvalue weighted by Crippen LogP contribution is -2.13. The van der Waals surface area contributed by atoms with Gasteiger partial charge >= 0.3 is 0 Å². The van der Waals surface area contributed by atoms with Crippen LogP contribution in [-0.2, 0) is 276 Å². The van der Waals surface area contributed by atoms with Gasteiger partial charge in [-0.2, -0.15) is 0 Å². The molecule has 0 amide bonds. The predicted octanol–water partition coefficient (Wildman–Crippen LogP) is 5.12. The number of benzene rings is 1. The first-order valence-corrected chi connectivity index (χ1v) is 51.3. The lowest BCUT2D eigenvalue weighted by Gasteiger charge is -2.18. The Morgan fingerprint density at radius 3 is 1.19 bits per heavy atom. The zero-order valence-corrected chi connectivity index (χ0v) is 51.1. The molecule has 0 saturated heterocycles. The van der Waals surface area contributed by atoms with E-state index in [0.717, 1.165) is 28.1 Å². The fourth-order valence-corrected chi connectivity index (χ4v) is 74.3. The van der Waals surface area contributed by atoms with E-state index in [9.17, 15) is 0 Å². The Morgan fingerprint density at radius 1 is 0.519 bits per heavy atom. The summed E-state index contributed by atoms with van der Waals surface area (Å²) in [5.41, 5.74) is 6.24. The van der Waals surface area contributed by atoms with Gasteiger partial charge in [-0.05, 0) is 49.2 Å². The first kappa shape index (κ1) is 52.9. The molecule has 3 aromatic rings. The van der Waals surface area contributed by atoms with E-state index in [-0.39, 0.29) is 5.41 Å². The Labute approximate surface area is 397 Å². The molecule has 3 nitrogen and oxygen atoms in total. The van der Waals surface area contributed by atoms with E-state index < -0.39 is 0 Å². The van der Waals surface area contributed by atoms with E-state index in [1.165, 1.54) is 28.9 Å². The van der Waals surface area contributed by atoms with Gasteiger partial charge in [0.2, 0.25) is 0 Å². The average molecular weight is 1280 g/mol. The van der Waals surface area contributed by atoms with Crippen molar-refractivity contribution in [2.24, 2.45) is 0 Å². The van der Waals surface area contributed by atoms with Crippen molar-refractivity contribution in [1.82, 2.24) is 15.0 Å². The monoisotopic (exact) mass is 1270 g/mol. The fraction of sp³-hybridized carbons (Fsp3) is 0.333. The van der Waals surface area contributed by atoms with E-state index in [4.69, 9.17) is 34.0 Å². The topological polar surface area (TPSA) is 41.6 Å². The number of fused-ring (bicyclic) bond motifs is 1. The van der Waals surface area contributed by atoms with Gasteiger partial charge in [0.15, 0.2) is 0 Å². The molecule has 294 valence electrons. The number of hydrogen-bond acceptors (Lipinski definition) is 4. The van der Waals surface area contributed by atoms with Crippen molar-refractivity contribution >= 4 is 294 Å². The summed E-state index contributed by atoms with van der Waals surface area (Å²) >= 11 is 16.0. The Morgan fingerprint density at radius 2 is 0.865 bits per heavy atom. The number of rotatable bonds is 1. The molecule has 0 aliphatic rings. The largest absolute Gasteiger partial charge is 0.338 e. The van der Waals surface area contributed by atoms with Gasteiger partial charge in [-0.3, -0.25) is 0 Å². The number of halogens is 1. The number of pyridine rings is 1. The molecule has 52 heavy (non-hydrogen) atoms. The van der Waals surface area contributed by atoms with Crippen LogP contribution in [0.15, 0.2) is 24.3 Å². The molecule has 0 saturated carbocycles. The maximum Gasteiger partial charge on any atom is 0.141 e. The summed E-state index contributed by atoms with van der Waals surface area (Å²) in [6.45, 7) is 10.6. The molecule has 2 heterocycles. The second-order valence-corrected chi connectivity index (χ2v) is 58.6. The summed E-state index contributed by atoms with van der Waals surface area (Å²) in [5, 5.41) is 0.486. The molecule has 0 fully saturated rings. The molecule has 34 heteroatoms. The van der Waals surface area contributed by atoms with E-state index in [1.807, 2.05) is 119 Å². The van der Waals surface area contributed by atoms with Crippen molar-refractivity contribution in [3.05, 3.63) is 46.2 Å². The number of H-pyrrole nitrogens is 1. The van der Waals surface area contributed by atoms with E-state index in [2.05, 4.69) is 61.7 Å². The minimum atomic E-state index is -0.0235. The average Bonchev–Trinajstić information content (AvgIpc) is 3.52. The minimum absolute atomic E-state index is 0.0235. The van der Waals surface area contributed by atoms with Crippen LogP contribution in [0.1, 0.15) is 37.6 Å². The number of nitrogens with one attached hydrogen (secondary N) is 1. The van der Waals surface area contributed by atoms with Gasteiger partial charge in [0.05, 0.1) is 16.6 Å². The lowest BCUT2D eigenvalue weighted by atomic mass is 9.91. The maximum absolute atomic E-state index is 6.39. The molecule has 1 N–H and O–H groups in total. The Bertz CT molecular complexity index is 2910.